The lowest BCUT2D eigenvalue weighted by atomic mass is 10.2. The van der Waals surface area contributed by atoms with Crippen LogP contribution in [-0.4, -0.2) is 43.1 Å². The highest BCUT2D eigenvalue weighted by molar-refractivity contribution is 5.46. The number of aromatic nitrogens is 1. The molecule has 0 saturated carbocycles. The zero-order valence-corrected chi connectivity index (χ0v) is 10.6. The van der Waals surface area contributed by atoms with Crippen molar-refractivity contribution < 1.29 is 0 Å². The Balaban J connectivity index is 2.00. The second-order valence-electron chi connectivity index (χ2n) is 4.68. The van der Waals surface area contributed by atoms with E-state index in [2.05, 4.69) is 34.3 Å². The summed E-state index contributed by atoms with van der Waals surface area (Å²) in [6, 6.07) is 6.47. The molecule has 0 spiro atoms. The van der Waals surface area contributed by atoms with Crippen LogP contribution in [0.25, 0.3) is 0 Å². The minimum absolute atomic E-state index is 0.635. The highest BCUT2D eigenvalue weighted by atomic mass is 15.3. The first-order valence-electron chi connectivity index (χ1n) is 6.06. The molecule has 2 heterocycles. The first-order valence-corrected chi connectivity index (χ1v) is 6.06. The first kappa shape index (κ1) is 12.1. The van der Waals surface area contributed by atoms with Gasteiger partial charge in [0.05, 0.1) is 0 Å². The van der Waals surface area contributed by atoms with Crippen molar-refractivity contribution in [2.45, 2.75) is 18.9 Å². The van der Waals surface area contributed by atoms with Gasteiger partial charge in [-0.1, -0.05) is 6.07 Å². The van der Waals surface area contributed by atoms with E-state index in [1.165, 1.54) is 19.4 Å². The Labute approximate surface area is 103 Å². The molecular formula is C12H21N5. The van der Waals surface area contributed by atoms with Gasteiger partial charge in [0.1, 0.15) is 11.6 Å². The molecule has 1 atom stereocenters. The molecule has 0 radical (unpaired) electrons. The summed E-state index contributed by atoms with van der Waals surface area (Å²) in [6.07, 6.45) is 2.57. The van der Waals surface area contributed by atoms with Gasteiger partial charge in [-0.15, -0.1) is 0 Å². The van der Waals surface area contributed by atoms with E-state index in [9.17, 15) is 0 Å². The Morgan fingerprint density at radius 1 is 1.59 bits per heavy atom. The maximum absolute atomic E-state index is 5.37. The van der Waals surface area contributed by atoms with E-state index in [1.807, 2.05) is 18.2 Å². The minimum atomic E-state index is 0.635. The molecule has 17 heavy (non-hydrogen) atoms. The molecule has 1 aromatic rings. The van der Waals surface area contributed by atoms with E-state index < -0.39 is 0 Å². The third kappa shape index (κ3) is 2.87. The summed E-state index contributed by atoms with van der Waals surface area (Å²) in [7, 11) is 4.27. The fraction of sp³-hybridized carbons (Fsp3) is 0.583. The summed E-state index contributed by atoms with van der Waals surface area (Å²) < 4.78 is 0. The average Bonchev–Trinajstić information content (AvgIpc) is 2.75. The number of nitrogens with two attached hydrogens (primary N) is 1. The fourth-order valence-electron chi connectivity index (χ4n) is 2.34. The molecule has 1 aliphatic rings. The van der Waals surface area contributed by atoms with Gasteiger partial charge >= 0.3 is 0 Å². The van der Waals surface area contributed by atoms with Gasteiger partial charge in [-0.2, -0.15) is 0 Å². The normalized spacial score (nSPS) is 20.5. The van der Waals surface area contributed by atoms with E-state index >= 15 is 0 Å². The Kier molecular flexibility index (Phi) is 3.81. The van der Waals surface area contributed by atoms with E-state index in [4.69, 9.17) is 5.84 Å². The highest BCUT2D eigenvalue weighted by Crippen LogP contribution is 2.18. The second kappa shape index (κ2) is 5.33. The molecule has 5 heteroatoms. The number of nitrogen functional groups attached to an aromatic ring is 1. The van der Waals surface area contributed by atoms with Crippen molar-refractivity contribution in [2.24, 2.45) is 5.84 Å². The van der Waals surface area contributed by atoms with Crippen molar-refractivity contribution >= 4 is 11.6 Å². The number of hydrogen-bond acceptors (Lipinski definition) is 5. The summed E-state index contributed by atoms with van der Waals surface area (Å²) in [5.41, 5.74) is 2.58. The number of likely N-dealkylation sites (N-methyl/N-ethyl adjacent to an activating group) is 2. The zero-order chi connectivity index (χ0) is 12.3. The molecule has 0 aromatic carbocycles. The standard InChI is InChI=1S/C12H21N5/c1-16-8-4-5-10(16)9-17(2)12-7-3-6-11(14-12)15-13/h3,6-7,10H,4-5,8-9,13H2,1-2H3,(H,14,15). The highest BCUT2D eigenvalue weighted by Gasteiger charge is 2.22. The number of rotatable bonds is 4. The summed E-state index contributed by atoms with van der Waals surface area (Å²) in [4.78, 5) is 9.04. The van der Waals surface area contributed by atoms with Crippen LogP contribution in [0.5, 0.6) is 0 Å². The van der Waals surface area contributed by atoms with Gasteiger partial charge in [0.25, 0.3) is 0 Å². The molecule has 1 saturated heterocycles. The topological polar surface area (TPSA) is 57.4 Å². The summed E-state index contributed by atoms with van der Waals surface area (Å²) in [5, 5.41) is 0. The van der Waals surface area contributed by atoms with Crippen LogP contribution in [0.1, 0.15) is 12.8 Å². The SMILES string of the molecule is CN(CC1CCCN1C)c1cccc(NN)n1. The summed E-state index contributed by atoms with van der Waals surface area (Å²) in [5.74, 6) is 7.03. The summed E-state index contributed by atoms with van der Waals surface area (Å²) in [6.45, 7) is 2.22. The number of likely N-dealkylation sites (tertiary alicyclic amines) is 1. The molecule has 1 aliphatic heterocycles. The van der Waals surface area contributed by atoms with Crippen LogP contribution < -0.4 is 16.2 Å². The number of pyridine rings is 1. The largest absolute Gasteiger partial charge is 0.358 e. The Morgan fingerprint density at radius 3 is 3.06 bits per heavy atom. The van der Waals surface area contributed by atoms with Gasteiger partial charge in [-0.25, -0.2) is 10.8 Å². The predicted octanol–water partition coefficient (Wildman–Crippen LogP) is 0.898. The van der Waals surface area contributed by atoms with Crippen LogP contribution in [0.2, 0.25) is 0 Å². The van der Waals surface area contributed by atoms with Gasteiger partial charge in [-0.3, -0.25) is 0 Å². The van der Waals surface area contributed by atoms with Crippen molar-refractivity contribution in [1.29, 1.82) is 0 Å². The van der Waals surface area contributed by atoms with Crippen molar-refractivity contribution in [3.63, 3.8) is 0 Å². The number of hydrogen-bond donors (Lipinski definition) is 2. The Bertz CT molecular complexity index is 368. The second-order valence-corrected chi connectivity index (χ2v) is 4.68. The number of anilines is 2. The molecule has 1 fully saturated rings. The molecule has 5 nitrogen and oxygen atoms in total. The number of hydrazine groups is 1. The monoisotopic (exact) mass is 235 g/mol. The van der Waals surface area contributed by atoms with Crippen molar-refractivity contribution in [3.05, 3.63) is 18.2 Å². The van der Waals surface area contributed by atoms with Crippen LogP contribution in [0.4, 0.5) is 11.6 Å². The third-order valence-electron chi connectivity index (χ3n) is 3.43. The minimum Gasteiger partial charge on any atom is -0.358 e. The molecule has 0 amide bonds. The molecule has 2 rings (SSSR count). The van der Waals surface area contributed by atoms with Crippen molar-refractivity contribution in [2.75, 3.05) is 37.5 Å². The van der Waals surface area contributed by atoms with E-state index in [0.717, 1.165) is 12.4 Å². The molecule has 1 aromatic heterocycles. The van der Waals surface area contributed by atoms with Crippen LogP contribution in [0, 0.1) is 0 Å². The lowest BCUT2D eigenvalue weighted by Crippen LogP contribution is -2.37. The molecule has 0 bridgehead atoms. The van der Waals surface area contributed by atoms with Crippen LogP contribution in [0.15, 0.2) is 18.2 Å². The number of nitrogens with zero attached hydrogens (tertiary/aromatic N) is 3. The van der Waals surface area contributed by atoms with Crippen molar-refractivity contribution in [3.8, 4) is 0 Å². The van der Waals surface area contributed by atoms with Crippen LogP contribution in [-0.2, 0) is 0 Å². The van der Waals surface area contributed by atoms with Crippen LogP contribution in [0.3, 0.4) is 0 Å². The lowest BCUT2D eigenvalue weighted by molar-refractivity contribution is 0.314. The van der Waals surface area contributed by atoms with Crippen LogP contribution >= 0.6 is 0 Å². The Morgan fingerprint density at radius 2 is 2.41 bits per heavy atom. The van der Waals surface area contributed by atoms with Gasteiger partial charge in [-0.05, 0) is 38.6 Å². The smallest absolute Gasteiger partial charge is 0.142 e. The molecule has 0 aliphatic carbocycles. The maximum atomic E-state index is 5.37. The zero-order valence-electron chi connectivity index (χ0n) is 10.6. The van der Waals surface area contributed by atoms with Gasteiger partial charge < -0.3 is 15.2 Å². The van der Waals surface area contributed by atoms with E-state index in [0.29, 0.717) is 11.9 Å². The third-order valence-corrected chi connectivity index (χ3v) is 3.43. The first-order chi connectivity index (χ1) is 8.20. The Hall–Kier alpha value is -1.33. The maximum Gasteiger partial charge on any atom is 0.142 e. The van der Waals surface area contributed by atoms with Gasteiger partial charge in [0.2, 0.25) is 0 Å². The summed E-state index contributed by atoms with van der Waals surface area (Å²) >= 11 is 0. The number of nitrogens with one attached hydrogen (secondary N) is 1. The van der Waals surface area contributed by atoms with E-state index in [-0.39, 0.29) is 0 Å². The average molecular weight is 235 g/mol. The quantitative estimate of drug-likeness (QED) is 0.600. The molecule has 3 N–H and O–H groups in total. The molecule has 1 unspecified atom stereocenters. The predicted molar refractivity (Wildman–Crippen MR) is 71.0 cm³/mol. The van der Waals surface area contributed by atoms with Crippen molar-refractivity contribution in [1.82, 2.24) is 9.88 Å². The van der Waals surface area contributed by atoms with E-state index in [1.54, 1.807) is 0 Å². The molecular weight excluding hydrogens is 214 g/mol. The van der Waals surface area contributed by atoms with Gasteiger partial charge in [0.15, 0.2) is 0 Å². The lowest BCUT2D eigenvalue weighted by Gasteiger charge is -2.26. The van der Waals surface area contributed by atoms with Gasteiger partial charge in [0, 0.05) is 19.6 Å². The molecule has 94 valence electrons. The fourth-order valence-corrected chi connectivity index (χ4v) is 2.34.